The van der Waals surface area contributed by atoms with E-state index in [1.54, 1.807) is 24.6 Å². The van der Waals surface area contributed by atoms with Crippen LogP contribution in [-0.2, 0) is 13.1 Å². The zero-order valence-electron chi connectivity index (χ0n) is 12.2. The van der Waals surface area contributed by atoms with Gasteiger partial charge in [-0.15, -0.1) is 11.3 Å². The first-order chi connectivity index (χ1) is 9.60. The summed E-state index contributed by atoms with van der Waals surface area (Å²) < 4.78 is 4.83. The van der Waals surface area contributed by atoms with Crippen molar-refractivity contribution >= 4 is 17.3 Å². The number of aryl methyl sites for hydroxylation is 2. The summed E-state index contributed by atoms with van der Waals surface area (Å²) in [5, 5.41) is 8.27. The number of hydrogen-bond acceptors (Lipinski definition) is 5. The van der Waals surface area contributed by atoms with Crippen LogP contribution in [0.1, 0.15) is 21.3 Å². The molecule has 0 radical (unpaired) electrons. The highest BCUT2D eigenvalue weighted by atomic mass is 32.1. The number of nitrogens with zero attached hydrogens (tertiary/aromatic N) is 4. The summed E-state index contributed by atoms with van der Waals surface area (Å²) >= 11 is 1.71. The van der Waals surface area contributed by atoms with Gasteiger partial charge >= 0.3 is 0 Å². The third-order valence-electron chi connectivity index (χ3n) is 2.93. The zero-order chi connectivity index (χ0) is 14.5. The lowest BCUT2D eigenvalue weighted by molar-refractivity contribution is 0.391. The summed E-state index contributed by atoms with van der Waals surface area (Å²) in [5.74, 6) is 0.804. The van der Waals surface area contributed by atoms with Crippen molar-refractivity contribution in [3.05, 3.63) is 33.6 Å². The van der Waals surface area contributed by atoms with Crippen molar-refractivity contribution in [1.29, 1.82) is 0 Å². The minimum absolute atomic E-state index is 0.645. The van der Waals surface area contributed by atoms with Gasteiger partial charge in [-0.3, -0.25) is 4.99 Å². The molecule has 0 aliphatic rings. The van der Waals surface area contributed by atoms with Gasteiger partial charge in [-0.25, -0.2) is 4.98 Å². The molecule has 0 aliphatic carbocycles. The quantitative estimate of drug-likeness (QED) is 0.689. The van der Waals surface area contributed by atoms with Crippen LogP contribution >= 0.6 is 11.3 Å². The molecule has 108 valence electrons. The maximum absolute atomic E-state index is 4.83. The van der Waals surface area contributed by atoms with Gasteiger partial charge in [-0.1, -0.05) is 5.16 Å². The fourth-order valence-corrected chi connectivity index (χ4v) is 2.66. The van der Waals surface area contributed by atoms with Gasteiger partial charge in [-0.2, -0.15) is 0 Å². The van der Waals surface area contributed by atoms with Crippen LogP contribution in [0, 0.1) is 13.8 Å². The van der Waals surface area contributed by atoms with Crippen molar-refractivity contribution in [2.45, 2.75) is 26.9 Å². The Balaban J connectivity index is 1.92. The number of nitrogens with one attached hydrogen (secondary N) is 1. The van der Waals surface area contributed by atoms with Crippen molar-refractivity contribution in [2.75, 3.05) is 14.1 Å². The Bertz CT molecular complexity index is 556. The molecule has 0 unspecified atom stereocenters. The second kappa shape index (κ2) is 6.51. The highest BCUT2D eigenvalue weighted by molar-refractivity contribution is 7.11. The smallest absolute Gasteiger partial charge is 0.194 e. The summed E-state index contributed by atoms with van der Waals surface area (Å²) in [6, 6.07) is 1.84. The minimum atomic E-state index is 0.645. The molecular formula is C13H19N5OS. The molecule has 0 saturated heterocycles. The molecule has 0 amide bonds. The van der Waals surface area contributed by atoms with Crippen LogP contribution in [-0.4, -0.2) is 35.1 Å². The Morgan fingerprint density at radius 1 is 1.50 bits per heavy atom. The van der Waals surface area contributed by atoms with Gasteiger partial charge in [0.15, 0.2) is 5.96 Å². The van der Waals surface area contributed by atoms with Gasteiger partial charge in [0.2, 0.25) is 0 Å². The van der Waals surface area contributed by atoms with E-state index >= 15 is 0 Å². The second-order valence-electron chi connectivity index (χ2n) is 4.50. The van der Waals surface area contributed by atoms with E-state index < -0.39 is 0 Å². The third-order valence-corrected chi connectivity index (χ3v) is 4.01. The molecule has 0 spiro atoms. The molecule has 7 heteroatoms. The van der Waals surface area contributed by atoms with Crippen LogP contribution in [0.15, 0.2) is 21.8 Å². The van der Waals surface area contributed by atoms with Gasteiger partial charge in [0.1, 0.15) is 17.0 Å². The van der Waals surface area contributed by atoms with Crippen LogP contribution in [0.3, 0.4) is 0 Å². The van der Waals surface area contributed by atoms with E-state index in [1.807, 2.05) is 24.9 Å². The fraction of sp³-hybridized carbons (Fsp3) is 0.462. The Hall–Kier alpha value is -1.89. The van der Waals surface area contributed by atoms with Gasteiger partial charge in [-0.05, 0) is 13.8 Å². The van der Waals surface area contributed by atoms with Crippen LogP contribution in [0.25, 0.3) is 0 Å². The summed E-state index contributed by atoms with van der Waals surface area (Å²) in [7, 11) is 3.72. The molecule has 0 fully saturated rings. The molecule has 2 aromatic heterocycles. The molecule has 0 atom stereocenters. The average molecular weight is 293 g/mol. The first-order valence-electron chi connectivity index (χ1n) is 6.34. The Kier molecular flexibility index (Phi) is 4.73. The highest BCUT2D eigenvalue weighted by Crippen LogP contribution is 2.16. The molecule has 0 aromatic carbocycles. The number of hydrogen-bond donors (Lipinski definition) is 1. The number of thiazole rings is 1. The van der Waals surface area contributed by atoms with E-state index in [0.717, 1.165) is 22.4 Å². The number of aromatic nitrogens is 2. The third kappa shape index (κ3) is 3.57. The predicted molar refractivity (Wildman–Crippen MR) is 79.8 cm³/mol. The predicted octanol–water partition coefficient (Wildman–Crippen LogP) is 1.96. The molecule has 1 N–H and O–H groups in total. The summed E-state index contributed by atoms with van der Waals surface area (Å²) in [6.45, 7) is 5.43. The molecule has 2 aromatic rings. The molecule has 2 heterocycles. The van der Waals surface area contributed by atoms with Crippen molar-refractivity contribution < 1.29 is 4.52 Å². The van der Waals surface area contributed by atoms with Gasteiger partial charge < -0.3 is 14.7 Å². The molecule has 0 aliphatic heterocycles. The van der Waals surface area contributed by atoms with Gasteiger partial charge in [0.25, 0.3) is 0 Å². The van der Waals surface area contributed by atoms with E-state index in [-0.39, 0.29) is 0 Å². The van der Waals surface area contributed by atoms with E-state index in [0.29, 0.717) is 13.1 Å². The largest absolute Gasteiger partial charge is 0.364 e. The van der Waals surface area contributed by atoms with Crippen LogP contribution in [0.4, 0.5) is 0 Å². The molecule has 20 heavy (non-hydrogen) atoms. The molecule has 0 bridgehead atoms. The van der Waals surface area contributed by atoms with Crippen molar-refractivity contribution in [3.63, 3.8) is 0 Å². The van der Waals surface area contributed by atoms with Crippen molar-refractivity contribution in [2.24, 2.45) is 4.99 Å². The van der Waals surface area contributed by atoms with E-state index in [4.69, 9.17) is 4.52 Å². The number of aliphatic imine (C=N–C) groups is 1. The standard InChI is InChI=1S/C13H19N5OS/c1-9-10(2)20-12(16-9)7-15-13(14-3)18(4)8-11-5-6-19-17-11/h5-6H,7-8H2,1-4H3,(H,14,15). The minimum Gasteiger partial charge on any atom is -0.364 e. The maximum atomic E-state index is 4.83. The van der Waals surface area contributed by atoms with E-state index in [1.165, 1.54) is 4.88 Å². The Labute approximate surface area is 122 Å². The fourth-order valence-electron chi connectivity index (χ4n) is 1.79. The normalized spacial score (nSPS) is 11.7. The summed E-state index contributed by atoms with van der Waals surface area (Å²) in [4.78, 5) is 12.0. The van der Waals surface area contributed by atoms with Crippen LogP contribution < -0.4 is 5.32 Å². The van der Waals surface area contributed by atoms with Gasteiger partial charge in [0.05, 0.1) is 18.8 Å². The summed E-state index contributed by atoms with van der Waals surface area (Å²) in [6.07, 6.45) is 1.57. The van der Waals surface area contributed by atoms with Crippen molar-refractivity contribution in [1.82, 2.24) is 20.4 Å². The lowest BCUT2D eigenvalue weighted by Crippen LogP contribution is -2.38. The SMILES string of the molecule is CN=C(NCc1nc(C)c(C)s1)N(C)Cc1ccon1. The highest BCUT2D eigenvalue weighted by Gasteiger charge is 2.10. The molecule has 6 nitrogen and oxygen atoms in total. The average Bonchev–Trinajstić information content (AvgIpc) is 3.01. The molecular weight excluding hydrogens is 274 g/mol. The molecule has 2 rings (SSSR count). The first-order valence-corrected chi connectivity index (χ1v) is 7.15. The summed E-state index contributed by atoms with van der Waals surface area (Å²) in [5.41, 5.74) is 1.97. The molecule has 0 saturated carbocycles. The topological polar surface area (TPSA) is 66.6 Å². The lowest BCUT2D eigenvalue weighted by Gasteiger charge is -2.20. The maximum Gasteiger partial charge on any atom is 0.194 e. The van der Waals surface area contributed by atoms with E-state index in [2.05, 4.69) is 27.4 Å². The Morgan fingerprint density at radius 2 is 2.30 bits per heavy atom. The van der Waals surface area contributed by atoms with Gasteiger partial charge in [0, 0.05) is 25.0 Å². The zero-order valence-corrected chi connectivity index (χ0v) is 13.0. The second-order valence-corrected chi connectivity index (χ2v) is 5.78. The number of guanidine groups is 1. The first kappa shape index (κ1) is 14.5. The monoisotopic (exact) mass is 293 g/mol. The Morgan fingerprint density at radius 3 is 2.85 bits per heavy atom. The van der Waals surface area contributed by atoms with E-state index in [9.17, 15) is 0 Å². The van der Waals surface area contributed by atoms with Crippen LogP contribution in [0.2, 0.25) is 0 Å². The van der Waals surface area contributed by atoms with Crippen LogP contribution in [0.5, 0.6) is 0 Å². The van der Waals surface area contributed by atoms with Crippen molar-refractivity contribution in [3.8, 4) is 0 Å². The lowest BCUT2D eigenvalue weighted by atomic mass is 10.4. The number of rotatable bonds is 4.